The summed E-state index contributed by atoms with van der Waals surface area (Å²) in [6.45, 7) is 2.95. The van der Waals surface area contributed by atoms with Gasteiger partial charge in [0.2, 0.25) is 0 Å². The lowest BCUT2D eigenvalue weighted by Crippen LogP contribution is -2.56. The maximum atomic E-state index is 13.2. The van der Waals surface area contributed by atoms with E-state index in [-0.39, 0.29) is 11.9 Å². The first-order chi connectivity index (χ1) is 16.0. The lowest BCUT2D eigenvalue weighted by atomic mass is 10.1. The summed E-state index contributed by atoms with van der Waals surface area (Å²) in [7, 11) is 0. The topological polar surface area (TPSA) is 86.4 Å². The number of carbonyl (C=O) groups is 3. The van der Waals surface area contributed by atoms with Gasteiger partial charge >= 0.3 is 0 Å². The van der Waals surface area contributed by atoms with Gasteiger partial charge in [-0.15, -0.1) is 11.3 Å². The Hall–Kier alpha value is -3.78. The fourth-order valence-corrected chi connectivity index (χ4v) is 5.02. The summed E-state index contributed by atoms with van der Waals surface area (Å²) in [5.41, 5.74) is 2.46. The molecule has 0 spiro atoms. The van der Waals surface area contributed by atoms with Gasteiger partial charge in [0.05, 0.1) is 16.0 Å². The smallest absolute Gasteiger partial charge is 0.295 e. The van der Waals surface area contributed by atoms with Gasteiger partial charge in [0.1, 0.15) is 5.69 Å². The molecular weight excluding hydrogens is 436 g/mol. The van der Waals surface area contributed by atoms with Crippen LogP contribution < -0.4 is 0 Å². The van der Waals surface area contributed by atoms with E-state index in [4.69, 9.17) is 0 Å². The number of carbonyl (C=O) groups excluding carboxylic acids is 3. The average molecular weight is 459 g/mol. The van der Waals surface area contributed by atoms with Crippen LogP contribution >= 0.6 is 11.3 Å². The van der Waals surface area contributed by atoms with Crippen molar-refractivity contribution in [1.82, 2.24) is 19.8 Å². The van der Waals surface area contributed by atoms with Crippen LogP contribution in [-0.2, 0) is 4.79 Å². The minimum absolute atomic E-state index is 0.0638. The largest absolute Gasteiger partial charge is 0.359 e. The number of hydrogen-bond donors (Lipinski definition) is 1. The Labute approximate surface area is 194 Å². The summed E-state index contributed by atoms with van der Waals surface area (Å²) in [6.07, 6.45) is 3.24. The number of hydrogen-bond acceptors (Lipinski definition) is 5. The summed E-state index contributed by atoms with van der Waals surface area (Å²) < 4.78 is 0. The monoisotopic (exact) mass is 458 g/mol. The van der Waals surface area contributed by atoms with Crippen LogP contribution in [0.3, 0.4) is 0 Å². The van der Waals surface area contributed by atoms with Crippen LogP contribution in [0.1, 0.15) is 27.6 Å². The second-order valence-corrected chi connectivity index (χ2v) is 9.00. The van der Waals surface area contributed by atoms with Crippen LogP contribution in [0.5, 0.6) is 0 Å². The third-order valence-electron chi connectivity index (χ3n) is 5.99. The fraction of sp³-hybridized carbons (Fsp3) is 0.200. The number of benzene rings is 1. The van der Waals surface area contributed by atoms with Crippen molar-refractivity contribution in [2.45, 2.75) is 13.0 Å². The second kappa shape index (κ2) is 8.63. The lowest BCUT2D eigenvalue weighted by Gasteiger charge is -2.39. The Balaban J connectivity index is 1.34. The van der Waals surface area contributed by atoms with Crippen molar-refractivity contribution in [1.29, 1.82) is 0 Å². The van der Waals surface area contributed by atoms with Gasteiger partial charge in [0, 0.05) is 49.0 Å². The molecule has 0 radical (unpaired) electrons. The fourth-order valence-electron chi connectivity index (χ4n) is 4.30. The zero-order chi connectivity index (χ0) is 22.9. The number of piperazine rings is 1. The molecule has 1 aromatic carbocycles. The average Bonchev–Trinajstić information content (AvgIpc) is 3.53. The first-order valence-corrected chi connectivity index (χ1v) is 11.6. The van der Waals surface area contributed by atoms with E-state index in [1.54, 1.807) is 51.7 Å². The molecule has 8 heteroatoms. The van der Waals surface area contributed by atoms with Gasteiger partial charge in [-0.05, 0) is 36.6 Å². The Morgan fingerprint density at radius 2 is 1.88 bits per heavy atom. The number of nitrogens with zero attached hydrogens (tertiary/aromatic N) is 3. The van der Waals surface area contributed by atoms with Gasteiger partial charge in [-0.3, -0.25) is 19.4 Å². The van der Waals surface area contributed by atoms with Crippen LogP contribution in [0.25, 0.3) is 21.5 Å². The van der Waals surface area contributed by atoms with Crippen molar-refractivity contribution in [2.75, 3.05) is 19.6 Å². The molecule has 5 rings (SSSR count). The molecule has 166 valence electrons. The van der Waals surface area contributed by atoms with E-state index in [0.29, 0.717) is 36.1 Å². The Kier molecular flexibility index (Phi) is 5.51. The molecule has 2 amide bonds. The number of aromatic nitrogens is 2. The molecule has 1 N–H and O–H groups in total. The number of amides is 2. The third kappa shape index (κ3) is 3.82. The molecule has 0 bridgehead atoms. The molecule has 0 saturated carbocycles. The van der Waals surface area contributed by atoms with Crippen LogP contribution in [0, 0.1) is 0 Å². The molecule has 7 nitrogen and oxygen atoms in total. The molecule has 1 saturated heterocycles. The third-order valence-corrected chi connectivity index (χ3v) is 6.87. The van der Waals surface area contributed by atoms with Crippen molar-refractivity contribution in [3.63, 3.8) is 0 Å². The van der Waals surface area contributed by atoms with Crippen molar-refractivity contribution < 1.29 is 14.4 Å². The van der Waals surface area contributed by atoms with Gasteiger partial charge < -0.3 is 14.8 Å². The van der Waals surface area contributed by atoms with E-state index in [1.165, 1.54) is 0 Å². The highest BCUT2D eigenvalue weighted by Crippen LogP contribution is 2.31. The number of aromatic amines is 1. The number of fused-ring (bicyclic) bond motifs is 1. The zero-order valence-corrected chi connectivity index (χ0v) is 18.8. The van der Waals surface area contributed by atoms with E-state index >= 15 is 0 Å². The van der Waals surface area contributed by atoms with Crippen molar-refractivity contribution in [3.8, 4) is 10.6 Å². The molecule has 1 aliphatic rings. The van der Waals surface area contributed by atoms with Gasteiger partial charge in [-0.2, -0.15) is 0 Å². The standard InChI is InChI=1S/C25H22N4O3S/c1-16-15-28(24(31)17-6-3-2-4-7-17)11-12-29(16)25(32)23(30)19-14-27-21-18(19)9-10-26-22(21)20-8-5-13-33-20/h2-10,13-14,16,27H,11-12,15H2,1H3/t16-/m1/s1. The molecule has 4 heterocycles. The number of H-pyrrole nitrogens is 1. The van der Waals surface area contributed by atoms with E-state index < -0.39 is 11.7 Å². The molecular formula is C25H22N4O3S. The SMILES string of the molecule is C[C@@H]1CN(C(=O)c2ccccc2)CCN1C(=O)C(=O)c1c[nH]c2c(-c3cccs3)nccc12. The van der Waals surface area contributed by atoms with Crippen molar-refractivity contribution in [2.24, 2.45) is 0 Å². The molecule has 1 aliphatic heterocycles. The summed E-state index contributed by atoms with van der Waals surface area (Å²) >= 11 is 1.56. The summed E-state index contributed by atoms with van der Waals surface area (Å²) in [5, 5.41) is 2.65. The molecule has 4 aromatic rings. The molecule has 1 fully saturated rings. The number of Topliss-reactive ketones (excluding diaryl/α,β-unsaturated/α-hetero) is 1. The molecule has 0 aliphatic carbocycles. The maximum absolute atomic E-state index is 13.2. The number of rotatable bonds is 4. The quantitative estimate of drug-likeness (QED) is 0.372. The van der Waals surface area contributed by atoms with Gasteiger partial charge in [0.15, 0.2) is 0 Å². The van der Waals surface area contributed by atoms with E-state index in [0.717, 1.165) is 16.1 Å². The molecule has 33 heavy (non-hydrogen) atoms. The molecule has 3 aromatic heterocycles. The van der Waals surface area contributed by atoms with Crippen LogP contribution in [0.15, 0.2) is 66.3 Å². The van der Waals surface area contributed by atoms with Gasteiger partial charge in [0.25, 0.3) is 17.6 Å². The maximum Gasteiger partial charge on any atom is 0.295 e. The van der Waals surface area contributed by atoms with Gasteiger partial charge in [-0.25, -0.2) is 0 Å². The highest BCUT2D eigenvalue weighted by Gasteiger charge is 2.34. The Morgan fingerprint density at radius 1 is 1.06 bits per heavy atom. The minimum atomic E-state index is -0.556. The normalized spacial score (nSPS) is 16.2. The van der Waals surface area contributed by atoms with E-state index in [1.807, 2.05) is 42.6 Å². The Bertz CT molecular complexity index is 1330. The van der Waals surface area contributed by atoms with Crippen LogP contribution in [0.4, 0.5) is 0 Å². The second-order valence-electron chi connectivity index (χ2n) is 8.06. The molecule has 1 atom stereocenters. The van der Waals surface area contributed by atoms with E-state index in [2.05, 4.69) is 9.97 Å². The number of nitrogens with one attached hydrogen (secondary N) is 1. The Morgan fingerprint density at radius 3 is 2.61 bits per heavy atom. The highest BCUT2D eigenvalue weighted by molar-refractivity contribution is 7.13. The van der Waals surface area contributed by atoms with Crippen LogP contribution in [-0.4, -0.2) is 63.0 Å². The predicted molar refractivity (Wildman–Crippen MR) is 127 cm³/mol. The summed E-state index contributed by atoms with van der Waals surface area (Å²) in [4.78, 5) is 51.0. The van der Waals surface area contributed by atoms with Crippen molar-refractivity contribution >= 4 is 39.8 Å². The van der Waals surface area contributed by atoms with Crippen LogP contribution in [0.2, 0.25) is 0 Å². The predicted octanol–water partition coefficient (Wildman–Crippen LogP) is 3.85. The summed E-state index contributed by atoms with van der Waals surface area (Å²) in [6, 6.07) is 14.5. The number of thiophene rings is 1. The zero-order valence-electron chi connectivity index (χ0n) is 18.0. The number of pyridine rings is 1. The molecule has 0 unspecified atom stereocenters. The first-order valence-electron chi connectivity index (χ1n) is 10.7. The van der Waals surface area contributed by atoms with Crippen molar-refractivity contribution in [3.05, 3.63) is 77.4 Å². The highest BCUT2D eigenvalue weighted by atomic mass is 32.1. The summed E-state index contributed by atoms with van der Waals surface area (Å²) in [5.74, 6) is -1.17. The first kappa shape index (κ1) is 21.1. The number of ketones is 1. The lowest BCUT2D eigenvalue weighted by molar-refractivity contribution is -0.130. The van der Waals surface area contributed by atoms with Gasteiger partial charge in [-0.1, -0.05) is 24.3 Å². The van der Waals surface area contributed by atoms with E-state index in [9.17, 15) is 14.4 Å². The minimum Gasteiger partial charge on any atom is -0.359 e.